The minimum absolute atomic E-state index is 0.279. The van der Waals surface area contributed by atoms with E-state index >= 15 is 0 Å². The van der Waals surface area contributed by atoms with Gasteiger partial charge < -0.3 is 9.72 Å². The Balaban J connectivity index is 2.21. The Bertz CT molecular complexity index is 838. The van der Waals surface area contributed by atoms with E-state index in [1.165, 1.54) is 12.1 Å². The maximum Gasteiger partial charge on any atom is 0.182 e. The number of fused-ring (bicyclic) bond motifs is 1. The SMILES string of the molecule is COCCc1ccccc1-n1c(=S)[nH]c2cc(F)ccc21. The average Bonchev–Trinajstić information content (AvgIpc) is 2.80. The number of methoxy groups -OCH3 is 1. The van der Waals surface area contributed by atoms with Gasteiger partial charge >= 0.3 is 0 Å². The first kappa shape index (κ1) is 14.0. The molecule has 1 N–H and O–H groups in total. The number of imidazole rings is 1. The summed E-state index contributed by atoms with van der Waals surface area (Å²) in [5.41, 5.74) is 3.70. The fourth-order valence-corrected chi connectivity index (χ4v) is 2.78. The van der Waals surface area contributed by atoms with Crippen LogP contribution in [0, 0.1) is 10.6 Å². The Hall–Kier alpha value is -1.98. The molecule has 0 amide bonds. The highest BCUT2D eigenvalue weighted by Crippen LogP contribution is 2.23. The van der Waals surface area contributed by atoms with Crippen molar-refractivity contribution in [3.8, 4) is 5.69 Å². The summed E-state index contributed by atoms with van der Waals surface area (Å²) in [5.74, 6) is -0.279. The summed E-state index contributed by atoms with van der Waals surface area (Å²) in [5, 5.41) is 0. The van der Waals surface area contributed by atoms with Gasteiger partial charge in [-0.1, -0.05) is 18.2 Å². The number of hydrogen-bond acceptors (Lipinski definition) is 2. The molecule has 0 aliphatic carbocycles. The van der Waals surface area contributed by atoms with Gasteiger partial charge in [-0.3, -0.25) is 4.57 Å². The number of ether oxygens (including phenoxy) is 1. The second kappa shape index (κ2) is 5.79. The first-order valence-corrected chi connectivity index (χ1v) is 7.09. The van der Waals surface area contributed by atoms with Gasteiger partial charge in [-0.25, -0.2) is 4.39 Å². The highest BCUT2D eigenvalue weighted by atomic mass is 32.1. The molecule has 1 aromatic heterocycles. The molecule has 3 rings (SSSR count). The minimum atomic E-state index is -0.279. The lowest BCUT2D eigenvalue weighted by atomic mass is 10.1. The molecular weight excluding hydrogens is 287 g/mol. The van der Waals surface area contributed by atoms with E-state index in [0.29, 0.717) is 16.9 Å². The second-order valence-corrected chi connectivity index (χ2v) is 5.19. The zero-order chi connectivity index (χ0) is 14.8. The van der Waals surface area contributed by atoms with Crippen LogP contribution in [-0.2, 0) is 11.2 Å². The molecule has 0 spiro atoms. The first-order valence-electron chi connectivity index (χ1n) is 6.68. The van der Waals surface area contributed by atoms with Gasteiger partial charge in [0.25, 0.3) is 0 Å². The Kier molecular flexibility index (Phi) is 3.86. The molecule has 0 unspecified atom stereocenters. The molecule has 0 radical (unpaired) electrons. The highest BCUT2D eigenvalue weighted by Gasteiger charge is 2.10. The maximum atomic E-state index is 13.3. The van der Waals surface area contributed by atoms with E-state index in [9.17, 15) is 4.39 Å². The van der Waals surface area contributed by atoms with Gasteiger partial charge in [0, 0.05) is 7.11 Å². The number of H-pyrrole nitrogens is 1. The van der Waals surface area contributed by atoms with Crippen molar-refractivity contribution in [2.75, 3.05) is 13.7 Å². The lowest BCUT2D eigenvalue weighted by Gasteiger charge is -2.11. The fraction of sp³-hybridized carbons (Fsp3) is 0.188. The summed E-state index contributed by atoms with van der Waals surface area (Å²) in [7, 11) is 1.68. The van der Waals surface area contributed by atoms with Gasteiger partial charge in [0.15, 0.2) is 4.77 Å². The number of nitrogens with zero attached hydrogens (tertiary/aromatic N) is 1. The first-order chi connectivity index (χ1) is 10.2. The van der Waals surface area contributed by atoms with E-state index in [1.54, 1.807) is 13.2 Å². The second-order valence-electron chi connectivity index (χ2n) is 4.80. The predicted octanol–water partition coefficient (Wildman–Crippen LogP) is 4.02. The Morgan fingerprint density at radius 2 is 2.05 bits per heavy atom. The van der Waals surface area contributed by atoms with E-state index in [2.05, 4.69) is 11.1 Å². The highest BCUT2D eigenvalue weighted by molar-refractivity contribution is 7.71. The molecule has 108 valence electrons. The van der Waals surface area contributed by atoms with Gasteiger partial charge in [0.05, 0.1) is 23.3 Å². The van der Waals surface area contributed by atoms with E-state index in [0.717, 1.165) is 23.2 Å². The average molecular weight is 302 g/mol. The van der Waals surface area contributed by atoms with Crippen LogP contribution in [0.3, 0.4) is 0 Å². The minimum Gasteiger partial charge on any atom is -0.384 e. The zero-order valence-corrected chi connectivity index (χ0v) is 12.4. The van der Waals surface area contributed by atoms with Crippen molar-refractivity contribution >= 4 is 23.3 Å². The standard InChI is InChI=1S/C16H15FN2OS/c1-20-9-8-11-4-2-3-5-14(11)19-15-7-6-12(17)10-13(15)18-16(19)21/h2-7,10H,8-9H2,1H3,(H,18,21). The summed E-state index contributed by atoms with van der Waals surface area (Å²) in [4.78, 5) is 3.06. The summed E-state index contributed by atoms with van der Waals surface area (Å²) >= 11 is 5.40. The fourth-order valence-electron chi connectivity index (χ4n) is 2.48. The molecular formula is C16H15FN2OS. The molecule has 2 aromatic carbocycles. The molecule has 0 aliphatic heterocycles. The normalized spacial score (nSPS) is 11.1. The quantitative estimate of drug-likeness (QED) is 0.738. The molecule has 0 aliphatic rings. The molecule has 0 saturated heterocycles. The van der Waals surface area contributed by atoms with Crippen LogP contribution in [-0.4, -0.2) is 23.3 Å². The molecule has 3 aromatic rings. The van der Waals surface area contributed by atoms with E-state index in [1.807, 2.05) is 22.8 Å². The number of aromatic amines is 1. The van der Waals surface area contributed by atoms with Crippen LogP contribution < -0.4 is 0 Å². The van der Waals surface area contributed by atoms with Crippen LogP contribution in [0.15, 0.2) is 42.5 Å². The summed E-state index contributed by atoms with van der Waals surface area (Å²) in [6, 6.07) is 12.7. The third kappa shape index (κ3) is 2.62. The summed E-state index contributed by atoms with van der Waals surface area (Å²) in [6.07, 6.45) is 0.794. The van der Waals surface area contributed by atoms with Crippen molar-refractivity contribution in [3.05, 3.63) is 58.6 Å². The van der Waals surface area contributed by atoms with Gasteiger partial charge in [0.1, 0.15) is 5.82 Å². The lowest BCUT2D eigenvalue weighted by Crippen LogP contribution is -2.02. The van der Waals surface area contributed by atoms with Crippen molar-refractivity contribution in [1.82, 2.24) is 9.55 Å². The Morgan fingerprint density at radius 1 is 1.24 bits per heavy atom. The van der Waals surface area contributed by atoms with E-state index < -0.39 is 0 Å². The molecule has 0 atom stereocenters. The van der Waals surface area contributed by atoms with Gasteiger partial charge in [-0.2, -0.15) is 0 Å². The number of rotatable bonds is 4. The van der Waals surface area contributed by atoms with Crippen molar-refractivity contribution in [1.29, 1.82) is 0 Å². The monoisotopic (exact) mass is 302 g/mol. The summed E-state index contributed by atoms with van der Waals surface area (Å²) in [6.45, 7) is 0.640. The number of aromatic nitrogens is 2. The third-order valence-electron chi connectivity index (χ3n) is 3.45. The molecule has 21 heavy (non-hydrogen) atoms. The van der Waals surface area contributed by atoms with E-state index in [4.69, 9.17) is 17.0 Å². The summed E-state index contributed by atoms with van der Waals surface area (Å²) < 4.78 is 21.0. The van der Waals surface area contributed by atoms with Crippen molar-refractivity contribution in [3.63, 3.8) is 0 Å². The van der Waals surface area contributed by atoms with Crippen LogP contribution in [0.25, 0.3) is 16.7 Å². The smallest absolute Gasteiger partial charge is 0.182 e. The Labute approximate surface area is 127 Å². The number of hydrogen-bond donors (Lipinski definition) is 1. The lowest BCUT2D eigenvalue weighted by molar-refractivity contribution is 0.202. The van der Waals surface area contributed by atoms with Gasteiger partial charge in [0.2, 0.25) is 0 Å². The number of benzene rings is 2. The Morgan fingerprint density at radius 3 is 2.86 bits per heavy atom. The number of halogens is 1. The molecule has 1 heterocycles. The molecule has 3 nitrogen and oxygen atoms in total. The third-order valence-corrected chi connectivity index (χ3v) is 3.74. The van der Waals surface area contributed by atoms with Crippen molar-refractivity contribution in [2.45, 2.75) is 6.42 Å². The van der Waals surface area contributed by atoms with Crippen LogP contribution in [0.1, 0.15) is 5.56 Å². The number of nitrogens with one attached hydrogen (secondary N) is 1. The van der Waals surface area contributed by atoms with Crippen molar-refractivity contribution in [2.24, 2.45) is 0 Å². The number of para-hydroxylation sites is 1. The predicted molar refractivity (Wildman–Crippen MR) is 84.0 cm³/mol. The van der Waals surface area contributed by atoms with E-state index in [-0.39, 0.29) is 5.82 Å². The van der Waals surface area contributed by atoms with Gasteiger partial charge in [-0.05, 0) is 48.5 Å². The van der Waals surface area contributed by atoms with Crippen molar-refractivity contribution < 1.29 is 9.13 Å². The maximum absolute atomic E-state index is 13.3. The molecule has 0 fully saturated rings. The molecule has 5 heteroatoms. The van der Waals surface area contributed by atoms with Crippen LogP contribution in [0.4, 0.5) is 4.39 Å². The topological polar surface area (TPSA) is 29.9 Å². The van der Waals surface area contributed by atoms with Crippen LogP contribution in [0.5, 0.6) is 0 Å². The van der Waals surface area contributed by atoms with Crippen LogP contribution >= 0.6 is 12.2 Å². The largest absolute Gasteiger partial charge is 0.384 e. The zero-order valence-electron chi connectivity index (χ0n) is 11.6. The van der Waals surface area contributed by atoms with Gasteiger partial charge in [-0.15, -0.1) is 0 Å². The van der Waals surface area contributed by atoms with Crippen LogP contribution in [0.2, 0.25) is 0 Å². The molecule has 0 saturated carbocycles. The molecule has 0 bridgehead atoms.